The minimum Gasteiger partial charge on any atom is -0.496 e. The van der Waals surface area contributed by atoms with Crippen LogP contribution in [-0.2, 0) is 6.54 Å². The van der Waals surface area contributed by atoms with Gasteiger partial charge in [0, 0.05) is 12.1 Å². The molecule has 0 atom stereocenters. The average molecular weight is 329 g/mol. The van der Waals surface area contributed by atoms with Crippen LogP contribution in [0.3, 0.4) is 0 Å². The molecule has 2 heterocycles. The lowest BCUT2D eigenvalue weighted by atomic mass is 10.1. The molecule has 1 aromatic carbocycles. The summed E-state index contributed by atoms with van der Waals surface area (Å²) in [4.78, 5) is 12.5. The number of rotatable bonds is 5. The lowest BCUT2D eigenvalue weighted by Gasteiger charge is -2.23. The van der Waals surface area contributed by atoms with Gasteiger partial charge in [-0.2, -0.15) is 0 Å². The summed E-state index contributed by atoms with van der Waals surface area (Å²) in [6, 6.07) is 7.94. The summed E-state index contributed by atoms with van der Waals surface area (Å²) in [7, 11) is 1.62. The van der Waals surface area contributed by atoms with E-state index in [-0.39, 0.29) is 5.91 Å². The second kappa shape index (κ2) is 7.44. The number of carbonyl (C=O) groups is 1. The number of piperidine rings is 1. The van der Waals surface area contributed by atoms with Gasteiger partial charge in [-0.3, -0.25) is 4.79 Å². The first-order valence-electron chi connectivity index (χ1n) is 8.23. The van der Waals surface area contributed by atoms with Crippen molar-refractivity contribution in [3.8, 4) is 5.75 Å². The number of aromatic nitrogens is 3. The van der Waals surface area contributed by atoms with E-state index in [1.165, 1.54) is 0 Å². The Hall–Kier alpha value is -2.41. The second-order valence-corrected chi connectivity index (χ2v) is 5.94. The van der Waals surface area contributed by atoms with E-state index in [9.17, 15) is 4.79 Å². The monoisotopic (exact) mass is 329 g/mol. The fourth-order valence-electron chi connectivity index (χ4n) is 3.06. The SMILES string of the molecule is COc1ccccc1CNC(=O)c1nnn(C2CCNCC2)c1C. The van der Waals surface area contributed by atoms with Crippen molar-refractivity contribution in [1.29, 1.82) is 0 Å². The summed E-state index contributed by atoms with van der Waals surface area (Å²) in [5.74, 6) is 0.548. The molecule has 1 aliphatic rings. The molecule has 1 aliphatic heterocycles. The zero-order valence-electron chi connectivity index (χ0n) is 14.1. The van der Waals surface area contributed by atoms with Gasteiger partial charge in [-0.15, -0.1) is 5.10 Å². The lowest BCUT2D eigenvalue weighted by Crippen LogP contribution is -2.30. The first-order chi connectivity index (χ1) is 11.7. The first-order valence-corrected chi connectivity index (χ1v) is 8.23. The van der Waals surface area contributed by atoms with Crippen LogP contribution in [-0.4, -0.2) is 41.1 Å². The third kappa shape index (κ3) is 3.41. The van der Waals surface area contributed by atoms with E-state index < -0.39 is 0 Å². The number of nitrogens with zero attached hydrogens (tertiary/aromatic N) is 3. The molecule has 0 saturated carbocycles. The molecular weight excluding hydrogens is 306 g/mol. The molecule has 1 aromatic heterocycles. The van der Waals surface area contributed by atoms with E-state index in [4.69, 9.17) is 4.74 Å². The van der Waals surface area contributed by atoms with Crippen LogP contribution in [0.1, 0.15) is 40.6 Å². The Balaban J connectivity index is 1.68. The smallest absolute Gasteiger partial charge is 0.274 e. The number of hydrogen-bond acceptors (Lipinski definition) is 5. The average Bonchev–Trinajstić information content (AvgIpc) is 3.02. The molecule has 2 aromatic rings. The summed E-state index contributed by atoms with van der Waals surface area (Å²) in [5.41, 5.74) is 2.14. The first kappa shape index (κ1) is 16.4. The zero-order valence-corrected chi connectivity index (χ0v) is 14.1. The highest BCUT2D eigenvalue weighted by Crippen LogP contribution is 2.21. The van der Waals surface area contributed by atoms with Gasteiger partial charge in [0.2, 0.25) is 0 Å². The topological polar surface area (TPSA) is 81.1 Å². The third-order valence-electron chi connectivity index (χ3n) is 4.43. The maximum atomic E-state index is 12.5. The predicted molar refractivity (Wildman–Crippen MR) is 90.1 cm³/mol. The van der Waals surface area contributed by atoms with Gasteiger partial charge < -0.3 is 15.4 Å². The zero-order chi connectivity index (χ0) is 16.9. The van der Waals surface area contributed by atoms with Gasteiger partial charge in [0.1, 0.15) is 5.75 Å². The molecule has 0 spiro atoms. The number of benzene rings is 1. The number of hydrogen-bond donors (Lipinski definition) is 2. The molecule has 0 aliphatic carbocycles. The highest BCUT2D eigenvalue weighted by molar-refractivity contribution is 5.93. The van der Waals surface area contributed by atoms with Crippen molar-refractivity contribution < 1.29 is 9.53 Å². The maximum absolute atomic E-state index is 12.5. The fourth-order valence-corrected chi connectivity index (χ4v) is 3.06. The van der Waals surface area contributed by atoms with Crippen molar-refractivity contribution in [2.75, 3.05) is 20.2 Å². The quantitative estimate of drug-likeness (QED) is 0.868. The molecule has 128 valence electrons. The van der Waals surface area contributed by atoms with Crippen molar-refractivity contribution in [1.82, 2.24) is 25.6 Å². The Morgan fingerprint density at radius 2 is 2.12 bits per heavy atom. The highest BCUT2D eigenvalue weighted by atomic mass is 16.5. The van der Waals surface area contributed by atoms with Crippen LogP contribution >= 0.6 is 0 Å². The molecule has 7 heteroatoms. The molecule has 1 saturated heterocycles. The van der Waals surface area contributed by atoms with E-state index in [2.05, 4.69) is 20.9 Å². The highest BCUT2D eigenvalue weighted by Gasteiger charge is 2.22. The molecule has 24 heavy (non-hydrogen) atoms. The van der Waals surface area contributed by atoms with E-state index >= 15 is 0 Å². The molecule has 7 nitrogen and oxygen atoms in total. The number of nitrogens with one attached hydrogen (secondary N) is 2. The largest absolute Gasteiger partial charge is 0.496 e. The molecular formula is C17H23N5O2. The minimum absolute atomic E-state index is 0.210. The molecule has 2 N–H and O–H groups in total. The van der Waals surface area contributed by atoms with Crippen molar-refractivity contribution in [3.05, 3.63) is 41.2 Å². The normalized spacial score (nSPS) is 15.2. The van der Waals surface area contributed by atoms with Crippen LogP contribution < -0.4 is 15.4 Å². The Labute approximate surface area is 141 Å². The summed E-state index contributed by atoms with van der Waals surface area (Å²) in [5, 5.41) is 14.5. The van der Waals surface area contributed by atoms with Crippen molar-refractivity contribution in [3.63, 3.8) is 0 Å². The molecule has 0 bridgehead atoms. The van der Waals surface area contributed by atoms with Gasteiger partial charge in [-0.05, 0) is 38.9 Å². The van der Waals surface area contributed by atoms with Crippen LogP contribution in [0.5, 0.6) is 5.75 Å². The maximum Gasteiger partial charge on any atom is 0.274 e. The number of amides is 1. The van der Waals surface area contributed by atoms with E-state index in [0.29, 0.717) is 18.3 Å². The standard InChI is InChI=1S/C17H23N5O2/c1-12-16(20-21-22(12)14-7-9-18-10-8-14)17(23)19-11-13-5-3-4-6-15(13)24-2/h3-6,14,18H,7-11H2,1-2H3,(H,19,23). The Morgan fingerprint density at radius 1 is 1.38 bits per heavy atom. The van der Waals surface area contributed by atoms with Crippen LogP contribution in [0.15, 0.2) is 24.3 Å². The number of para-hydroxylation sites is 1. The van der Waals surface area contributed by atoms with Gasteiger partial charge >= 0.3 is 0 Å². The fraction of sp³-hybridized carbons (Fsp3) is 0.471. The van der Waals surface area contributed by atoms with E-state index in [1.54, 1.807) is 7.11 Å². The summed E-state index contributed by atoms with van der Waals surface area (Å²) in [6.45, 7) is 4.24. The molecule has 1 amide bonds. The Bertz CT molecular complexity index is 707. The van der Waals surface area contributed by atoms with Crippen LogP contribution in [0.4, 0.5) is 0 Å². The number of carbonyl (C=O) groups excluding carboxylic acids is 1. The van der Waals surface area contributed by atoms with Crippen LogP contribution in [0.2, 0.25) is 0 Å². The van der Waals surface area contributed by atoms with Crippen molar-refractivity contribution >= 4 is 5.91 Å². The number of ether oxygens (including phenoxy) is 1. The predicted octanol–water partition coefficient (Wildman–Crippen LogP) is 1.45. The van der Waals surface area contributed by atoms with Gasteiger partial charge in [0.15, 0.2) is 5.69 Å². The third-order valence-corrected chi connectivity index (χ3v) is 4.43. The summed E-state index contributed by atoms with van der Waals surface area (Å²) < 4.78 is 7.19. The van der Waals surface area contributed by atoms with Gasteiger partial charge in [0.05, 0.1) is 18.8 Å². The summed E-state index contributed by atoms with van der Waals surface area (Å²) in [6.07, 6.45) is 2.01. The second-order valence-electron chi connectivity index (χ2n) is 5.94. The van der Waals surface area contributed by atoms with Crippen molar-refractivity contribution in [2.45, 2.75) is 32.4 Å². The van der Waals surface area contributed by atoms with Gasteiger partial charge in [-0.25, -0.2) is 4.68 Å². The van der Waals surface area contributed by atoms with Gasteiger partial charge in [-0.1, -0.05) is 23.4 Å². The van der Waals surface area contributed by atoms with Crippen LogP contribution in [0, 0.1) is 6.92 Å². The Kier molecular flexibility index (Phi) is 5.10. The van der Waals surface area contributed by atoms with Gasteiger partial charge in [0.25, 0.3) is 5.91 Å². The lowest BCUT2D eigenvalue weighted by molar-refractivity contribution is 0.0945. The Morgan fingerprint density at radius 3 is 2.88 bits per heavy atom. The molecule has 3 rings (SSSR count). The summed E-state index contributed by atoms with van der Waals surface area (Å²) >= 11 is 0. The van der Waals surface area contributed by atoms with E-state index in [1.807, 2.05) is 35.9 Å². The van der Waals surface area contributed by atoms with E-state index in [0.717, 1.165) is 42.9 Å². The minimum atomic E-state index is -0.210. The molecule has 1 fully saturated rings. The molecule has 0 unspecified atom stereocenters. The number of methoxy groups -OCH3 is 1. The van der Waals surface area contributed by atoms with Crippen LogP contribution in [0.25, 0.3) is 0 Å². The van der Waals surface area contributed by atoms with Crippen molar-refractivity contribution in [2.24, 2.45) is 0 Å². The molecule has 0 radical (unpaired) electrons.